The number of para-hydroxylation sites is 1. The van der Waals surface area contributed by atoms with Gasteiger partial charge in [-0.3, -0.25) is 4.57 Å². The standard InChI is InChI=1S/C29H30Cl2FN5OS/c1-17(2)22-6-5-7-23(18(3)4)27(22)34-28(38)33-15-26-35-36-29(39-16-19-8-11-21(32)12-9-19)37(26)25-13-10-20(30)14-24(25)31/h5-14,17-18H,15-16H2,1-4H3,(H2,33,34,38). The van der Waals surface area contributed by atoms with Crippen LogP contribution in [0.25, 0.3) is 5.69 Å². The molecule has 0 fully saturated rings. The third-order valence-electron chi connectivity index (χ3n) is 6.15. The summed E-state index contributed by atoms with van der Waals surface area (Å²) in [5, 5.41) is 16.2. The molecule has 0 radical (unpaired) electrons. The van der Waals surface area contributed by atoms with Gasteiger partial charge in [0.1, 0.15) is 5.82 Å². The van der Waals surface area contributed by atoms with Crippen LogP contribution in [0.15, 0.2) is 65.8 Å². The molecule has 10 heteroatoms. The first-order valence-corrected chi connectivity index (χ1v) is 14.3. The molecule has 0 aliphatic heterocycles. The SMILES string of the molecule is CC(C)c1cccc(C(C)C)c1NC(=O)NCc1nnc(SCc2ccc(F)cc2)n1-c1ccc(Cl)cc1Cl. The summed E-state index contributed by atoms with van der Waals surface area (Å²) < 4.78 is 15.1. The van der Waals surface area contributed by atoms with Crippen molar-refractivity contribution < 1.29 is 9.18 Å². The molecule has 2 N–H and O–H groups in total. The number of halogens is 3. The highest BCUT2D eigenvalue weighted by atomic mass is 35.5. The molecule has 4 rings (SSSR count). The average molecular weight is 587 g/mol. The number of carbonyl (C=O) groups is 1. The second kappa shape index (κ2) is 12.9. The largest absolute Gasteiger partial charge is 0.331 e. The minimum Gasteiger partial charge on any atom is -0.331 e. The average Bonchev–Trinajstić information content (AvgIpc) is 3.29. The van der Waals surface area contributed by atoms with Gasteiger partial charge in [0.05, 0.1) is 17.3 Å². The van der Waals surface area contributed by atoms with Crippen LogP contribution < -0.4 is 10.6 Å². The van der Waals surface area contributed by atoms with Gasteiger partial charge in [-0.2, -0.15) is 0 Å². The van der Waals surface area contributed by atoms with Crippen molar-refractivity contribution in [2.24, 2.45) is 0 Å². The molecule has 0 aliphatic rings. The third kappa shape index (κ3) is 7.12. The lowest BCUT2D eigenvalue weighted by Gasteiger charge is -2.20. The minimum absolute atomic E-state index is 0.107. The number of urea groups is 1. The zero-order valence-electron chi connectivity index (χ0n) is 22.1. The van der Waals surface area contributed by atoms with Crippen LogP contribution in [0, 0.1) is 5.82 Å². The molecule has 3 aromatic carbocycles. The van der Waals surface area contributed by atoms with E-state index in [2.05, 4.69) is 48.5 Å². The van der Waals surface area contributed by atoms with Gasteiger partial charge in [0, 0.05) is 16.5 Å². The lowest BCUT2D eigenvalue weighted by atomic mass is 9.93. The number of aromatic nitrogens is 3. The number of amides is 2. The van der Waals surface area contributed by atoms with Crippen molar-refractivity contribution in [1.82, 2.24) is 20.1 Å². The number of nitrogens with zero attached hydrogens (tertiary/aromatic N) is 3. The van der Waals surface area contributed by atoms with Gasteiger partial charge < -0.3 is 10.6 Å². The van der Waals surface area contributed by atoms with Crippen LogP contribution in [0.1, 0.15) is 62.0 Å². The summed E-state index contributed by atoms with van der Waals surface area (Å²) in [7, 11) is 0. The van der Waals surface area contributed by atoms with E-state index < -0.39 is 0 Å². The van der Waals surface area contributed by atoms with Gasteiger partial charge in [-0.25, -0.2) is 9.18 Å². The maximum atomic E-state index is 13.3. The predicted molar refractivity (Wildman–Crippen MR) is 158 cm³/mol. The molecule has 0 aliphatic carbocycles. The Morgan fingerprint density at radius 3 is 2.26 bits per heavy atom. The summed E-state index contributed by atoms with van der Waals surface area (Å²) in [5.41, 5.74) is 4.55. The van der Waals surface area contributed by atoms with E-state index in [1.807, 2.05) is 18.2 Å². The van der Waals surface area contributed by atoms with E-state index in [0.29, 0.717) is 32.5 Å². The first-order chi connectivity index (χ1) is 18.6. The zero-order chi connectivity index (χ0) is 28.1. The molecule has 0 spiro atoms. The van der Waals surface area contributed by atoms with Gasteiger partial charge >= 0.3 is 6.03 Å². The van der Waals surface area contributed by atoms with E-state index in [4.69, 9.17) is 23.2 Å². The van der Waals surface area contributed by atoms with Crippen molar-refractivity contribution in [2.75, 3.05) is 5.32 Å². The zero-order valence-corrected chi connectivity index (χ0v) is 24.5. The molecule has 0 saturated carbocycles. The normalized spacial score (nSPS) is 11.3. The van der Waals surface area contributed by atoms with E-state index in [1.165, 1.54) is 23.9 Å². The molecule has 0 bridgehead atoms. The van der Waals surface area contributed by atoms with Gasteiger partial charge in [-0.1, -0.05) is 93.0 Å². The Bertz CT molecular complexity index is 1430. The summed E-state index contributed by atoms with van der Waals surface area (Å²) >= 11 is 14.1. The second-order valence-electron chi connectivity index (χ2n) is 9.67. The maximum absolute atomic E-state index is 13.3. The summed E-state index contributed by atoms with van der Waals surface area (Å²) in [4.78, 5) is 13.1. The molecule has 1 aromatic heterocycles. The van der Waals surface area contributed by atoms with Crippen LogP contribution in [-0.4, -0.2) is 20.8 Å². The molecule has 1 heterocycles. The number of nitrogens with one attached hydrogen (secondary N) is 2. The van der Waals surface area contributed by atoms with E-state index in [-0.39, 0.29) is 30.2 Å². The second-order valence-corrected chi connectivity index (χ2v) is 11.5. The van der Waals surface area contributed by atoms with Crippen molar-refractivity contribution in [3.8, 4) is 5.69 Å². The lowest BCUT2D eigenvalue weighted by molar-refractivity contribution is 0.251. The summed E-state index contributed by atoms with van der Waals surface area (Å²) in [5.74, 6) is 1.24. The topological polar surface area (TPSA) is 71.8 Å². The van der Waals surface area contributed by atoms with Crippen molar-refractivity contribution in [3.63, 3.8) is 0 Å². The van der Waals surface area contributed by atoms with Gasteiger partial charge in [-0.15, -0.1) is 10.2 Å². The molecular formula is C29H30Cl2FN5OS. The Morgan fingerprint density at radius 2 is 1.64 bits per heavy atom. The highest BCUT2D eigenvalue weighted by Crippen LogP contribution is 2.33. The molecule has 4 aromatic rings. The Kier molecular flexibility index (Phi) is 9.53. The number of hydrogen-bond acceptors (Lipinski definition) is 4. The lowest BCUT2D eigenvalue weighted by Crippen LogP contribution is -2.30. The fourth-order valence-electron chi connectivity index (χ4n) is 4.15. The monoisotopic (exact) mass is 585 g/mol. The van der Waals surface area contributed by atoms with Crippen LogP contribution in [0.4, 0.5) is 14.9 Å². The Hall–Kier alpha value is -3.07. The molecule has 0 atom stereocenters. The summed E-state index contributed by atoms with van der Waals surface area (Å²) in [6.07, 6.45) is 0. The number of anilines is 1. The number of hydrogen-bond donors (Lipinski definition) is 2. The fourth-order valence-corrected chi connectivity index (χ4v) is 5.57. The van der Waals surface area contributed by atoms with E-state index in [1.54, 1.807) is 34.9 Å². The molecular weight excluding hydrogens is 556 g/mol. The summed E-state index contributed by atoms with van der Waals surface area (Å²) in [6.45, 7) is 8.52. The summed E-state index contributed by atoms with van der Waals surface area (Å²) in [6, 6.07) is 17.2. The first kappa shape index (κ1) is 28.9. The number of thioether (sulfide) groups is 1. The van der Waals surface area contributed by atoms with Crippen LogP contribution in [0.2, 0.25) is 10.0 Å². The van der Waals surface area contributed by atoms with Gasteiger partial charge in [-0.05, 0) is 58.9 Å². The Morgan fingerprint density at radius 1 is 0.974 bits per heavy atom. The van der Waals surface area contributed by atoms with Crippen LogP contribution >= 0.6 is 35.0 Å². The van der Waals surface area contributed by atoms with Crippen molar-refractivity contribution in [3.05, 3.63) is 99.0 Å². The van der Waals surface area contributed by atoms with Crippen molar-refractivity contribution >= 4 is 46.7 Å². The smallest absolute Gasteiger partial charge is 0.319 e. The highest BCUT2D eigenvalue weighted by Gasteiger charge is 2.20. The van der Waals surface area contributed by atoms with Crippen molar-refractivity contribution in [2.45, 2.75) is 57.0 Å². The van der Waals surface area contributed by atoms with Gasteiger partial charge in [0.25, 0.3) is 0 Å². The van der Waals surface area contributed by atoms with Crippen LogP contribution in [0.3, 0.4) is 0 Å². The molecule has 39 heavy (non-hydrogen) atoms. The molecule has 0 unspecified atom stereocenters. The molecule has 2 amide bonds. The van der Waals surface area contributed by atoms with Crippen LogP contribution in [-0.2, 0) is 12.3 Å². The van der Waals surface area contributed by atoms with E-state index >= 15 is 0 Å². The quantitative estimate of drug-likeness (QED) is 0.193. The maximum Gasteiger partial charge on any atom is 0.319 e. The van der Waals surface area contributed by atoms with Crippen LogP contribution in [0.5, 0.6) is 0 Å². The highest BCUT2D eigenvalue weighted by molar-refractivity contribution is 7.98. The fraction of sp³-hybridized carbons (Fsp3) is 0.276. The number of carbonyl (C=O) groups excluding carboxylic acids is 1. The third-order valence-corrected chi connectivity index (χ3v) is 7.69. The molecule has 204 valence electrons. The van der Waals surface area contributed by atoms with E-state index in [0.717, 1.165) is 22.4 Å². The minimum atomic E-state index is -0.345. The number of rotatable bonds is 9. The van der Waals surface area contributed by atoms with Crippen molar-refractivity contribution in [1.29, 1.82) is 0 Å². The first-order valence-electron chi connectivity index (χ1n) is 12.6. The Labute approximate surface area is 242 Å². The molecule has 0 saturated heterocycles. The number of benzene rings is 3. The Balaban J connectivity index is 1.58. The molecule has 6 nitrogen and oxygen atoms in total. The van der Waals surface area contributed by atoms with E-state index in [9.17, 15) is 9.18 Å². The van der Waals surface area contributed by atoms with Gasteiger partial charge in [0.15, 0.2) is 11.0 Å². The predicted octanol–water partition coefficient (Wildman–Crippen LogP) is 8.57. The van der Waals surface area contributed by atoms with Gasteiger partial charge in [0.2, 0.25) is 0 Å².